The lowest BCUT2D eigenvalue weighted by atomic mass is 10.0. The van der Waals surface area contributed by atoms with Crippen LogP contribution in [0.1, 0.15) is 233 Å². The molecule has 0 aromatic carbocycles. The monoisotopic (exact) mass is 921 g/mol. The maximum atomic E-state index is 13.4. The smallest absolute Gasteiger partial charge is 0.306 e. The largest absolute Gasteiger partial charge is 0.756 e. The molecular formula is C54H101N2O7P. The minimum absolute atomic E-state index is 0.0253. The predicted molar refractivity (Wildman–Crippen MR) is 270 cm³/mol. The summed E-state index contributed by atoms with van der Waals surface area (Å²) in [6.45, 7) is 6.68. The van der Waals surface area contributed by atoms with Gasteiger partial charge in [0.25, 0.3) is 7.82 Å². The maximum Gasteiger partial charge on any atom is 0.306 e. The average Bonchev–Trinajstić information content (AvgIpc) is 3.25. The van der Waals surface area contributed by atoms with Crippen LogP contribution in [0.15, 0.2) is 48.6 Å². The first kappa shape index (κ1) is 62.0. The number of rotatable bonds is 47. The summed E-state index contributed by atoms with van der Waals surface area (Å²) < 4.78 is 30.1. The zero-order chi connectivity index (χ0) is 47.3. The van der Waals surface area contributed by atoms with Crippen molar-refractivity contribution in [3.63, 3.8) is 0 Å². The van der Waals surface area contributed by atoms with Crippen molar-refractivity contribution in [1.82, 2.24) is 5.32 Å². The summed E-state index contributed by atoms with van der Waals surface area (Å²) in [6.07, 6.45) is 52.1. The molecule has 1 amide bonds. The zero-order valence-corrected chi connectivity index (χ0v) is 43.4. The second-order valence-electron chi connectivity index (χ2n) is 19.1. The number of ether oxygens (including phenoxy) is 1. The van der Waals surface area contributed by atoms with Crippen molar-refractivity contribution in [2.45, 2.75) is 245 Å². The standard InChI is InChI=1S/C54H101N2O7P/c1-7-10-13-16-19-22-25-28-31-34-37-40-43-46-53(57)55-51(50-62-64(59,60)61-49-48-56(4,5)6)52(45-42-39-36-33-30-27-24-21-18-15-12-9-3)63-54(58)47-44-41-38-35-32-29-26-23-20-17-14-11-8-2/h11,14,17,20,23,26,42,45,51-52H,7-10,12-13,15-16,18-19,21-22,24-25,27-41,43-44,46-50H2,1-6H3,(H-,55,57,59,60)/b14-11+,20-17+,26-23-,45-42+. The Morgan fingerprint density at radius 3 is 1.48 bits per heavy atom. The molecule has 374 valence electrons. The molecule has 3 atom stereocenters. The number of esters is 1. The summed E-state index contributed by atoms with van der Waals surface area (Å²) in [5.41, 5.74) is 0. The first-order chi connectivity index (χ1) is 30.9. The Morgan fingerprint density at radius 2 is 1.00 bits per heavy atom. The van der Waals surface area contributed by atoms with Gasteiger partial charge in [-0.1, -0.05) is 217 Å². The van der Waals surface area contributed by atoms with E-state index in [9.17, 15) is 19.0 Å². The van der Waals surface area contributed by atoms with Crippen LogP contribution in [0.3, 0.4) is 0 Å². The van der Waals surface area contributed by atoms with Gasteiger partial charge in [0.05, 0.1) is 33.8 Å². The molecule has 0 aromatic rings. The second kappa shape index (κ2) is 44.8. The van der Waals surface area contributed by atoms with Gasteiger partial charge in [-0.25, -0.2) is 0 Å². The van der Waals surface area contributed by atoms with Crippen molar-refractivity contribution in [1.29, 1.82) is 0 Å². The molecule has 0 aromatic heterocycles. The SMILES string of the molecule is CC/C=C/C=C/C=C\CCCCCCCC(=O)OC(/C=C/CCCCCCCCCCCC)C(COP(=O)([O-])OCC[N+](C)(C)C)NC(=O)CCCCCCCCCCCCCCC. The Labute approximate surface area is 395 Å². The number of quaternary nitrogens is 1. The second-order valence-corrected chi connectivity index (χ2v) is 20.5. The molecule has 0 aliphatic heterocycles. The Balaban J connectivity index is 5.45. The van der Waals surface area contributed by atoms with Gasteiger partial charge in [0.1, 0.15) is 19.3 Å². The number of unbranched alkanes of at least 4 members (excludes halogenated alkanes) is 27. The highest BCUT2D eigenvalue weighted by molar-refractivity contribution is 7.45. The zero-order valence-electron chi connectivity index (χ0n) is 42.5. The fourth-order valence-corrected chi connectivity index (χ4v) is 8.19. The van der Waals surface area contributed by atoms with Crippen LogP contribution in [0.4, 0.5) is 0 Å². The predicted octanol–water partition coefficient (Wildman–Crippen LogP) is 14.7. The Bertz CT molecular complexity index is 1240. The van der Waals surface area contributed by atoms with Crippen molar-refractivity contribution < 1.29 is 37.3 Å². The van der Waals surface area contributed by atoms with E-state index in [2.05, 4.69) is 56.5 Å². The van der Waals surface area contributed by atoms with Gasteiger partial charge in [-0.05, 0) is 51.0 Å². The molecule has 0 fully saturated rings. The average molecular weight is 921 g/mol. The molecule has 0 saturated carbocycles. The van der Waals surface area contributed by atoms with Crippen molar-refractivity contribution in [2.75, 3.05) is 40.9 Å². The van der Waals surface area contributed by atoms with E-state index in [4.69, 9.17) is 13.8 Å². The van der Waals surface area contributed by atoms with E-state index in [-0.39, 0.29) is 24.9 Å². The topological polar surface area (TPSA) is 114 Å². The molecule has 3 unspecified atom stereocenters. The summed E-state index contributed by atoms with van der Waals surface area (Å²) in [6, 6.07) is -0.891. The molecule has 0 rings (SSSR count). The van der Waals surface area contributed by atoms with E-state index in [0.717, 1.165) is 77.0 Å². The molecule has 0 heterocycles. The molecule has 0 bridgehead atoms. The minimum atomic E-state index is -4.69. The molecular weight excluding hydrogens is 820 g/mol. The van der Waals surface area contributed by atoms with Gasteiger partial charge in [-0.2, -0.15) is 0 Å². The molecule has 0 radical (unpaired) electrons. The number of nitrogens with one attached hydrogen (secondary N) is 1. The number of phosphoric acid groups is 1. The molecule has 0 aliphatic carbocycles. The maximum absolute atomic E-state index is 13.4. The summed E-state index contributed by atoms with van der Waals surface area (Å²) in [4.78, 5) is 39.7. The highest BCUT2D eigenvalue weighted by Gasteiger charge is 2.27. The summed E-state index contributed by atoms with van der Waals surface area (Å²) in [7, 11) is 1.17. The number of nitrogens with zero attached hydrogens (tertiary/aromatic N) is 1. The molecule has 9 nitrogen and oxygen atoms in total. The van der Waals surface area contributed by atoms with Crippen LogP contribution in [-0.4, -0.2) is 69.4 Å². The lowest BCUT2D eigenvalue weighted by Crippen LogP contribution is -2.47. The number of amides is 1. The van der Waals surface area contributed by atoms with E-state index in [1.807, 2.05) is 39.4 Å². The number of allylic oxidation sites excluding steroid dienone is 7. The minimum Gasteiger partial charge on any atom is -0.756 e. The summed E-state index contributed by atoms with van der Waals surface area (Å²) >= 11 is 0. The summed E-state index contributed by atoms with van der Waals surface area (Å²) in [5.74, 6) is -0.563. The van der Waals surface area contributed by atoms with Gasteiger partial charge in [0, 0.05) is 12.8 Å². The third kappa shape index (κ3) is 45.1. The van der Waals surface area contributed by atoms with Crippen LogP contribution in [0, 0.1) is 0 Å². The van der Waals surface area contributed by atoms with Gasteiger partial charge in [-0.15, -0.1) is 0 Å². The van der Waals surface area contributed by atoms with Gasteiger partial charge in [-0.3, -0.25) is 14.2 Å². The molecule has 0 aliphatic rings. The van der Waals surface area contributed by atoms with E-state index >= 15 is 0 Å². The van der Waals surface area contributed by atoms with Gasteiger partial charge < -0.3 is 28.5 Å². The lowest BCUT2D eigenvalue weighted by molar-refractivity contribution is -0.870. The van der Waals surface area contributed by atoms with Gasteiger partial charge in [0.2, 0.25) is 5.91 Å². The molecule has 10 heteroatoms. The first-order valence-corrected chi connectivity index (χ1v) is 27.9. The highest BCUT2D eigenvalue weighted by atomic mass is 31.2. The fraction of sp³-hybridized carbons (Fsp3) is 0.815. The number of likely N-dealkylation sites (N-methyl/N-ethyl adjacent to an activating group) is 1. The number of hydrogen-bond donors (Lipinski definition) is 1. The van der Waals surface area contributed by atoms with E-state index in [1.54, 1.807) is 0 Å². The Hall–Kier alpha value is -2.03. The molecule has 64 heavy (non-hydrogen) atoms. The van der Waals surface area contributed by atoms with Crippen molar-refractivity contribution in [2.24, 2.45) is 0 Å². The van der Waals surface area contributed by atoms with E-state index < -0.39 is 26.6 Å². The van der Waals surface area contributed by atoms with Crippen LogP contribution >= 0.6 is 7.82 Å². The van der Waals surface area contributed by atoms with E-state index in [1.165, 1.54) is 116 Å². The van der Waals surface area contributed by atoms with Gasteiger partial charge in [0.15, 0.2) is 0 Å². The third-order valence-corrected chi connectivity index (χ3v) is 12.5. The molecule has 0 spiro atoms. The summed E-state index contributed by atoms with van der Waals surface area (Å²) in [5, 5.41) is 3.01. The van der Waals surface area contributed by atoms with Crippen LogP contribution in [0.2, 0.25) is 0 Å². The van der Waals surface area contributed by atoms with Crippen LogP contribution in [0.25, 0.3) is 0 Å². The number of carbonyl (C=O) groups is 2. The lowest BCUT2D eigenvalue weighted by Gasteiger charge is -2.30. The highest BCUT2D eigenvalue weighted by Crippen LogP contribution is 2.38. The van der Waals surface area contributed by atoms with Crippen LogP contribution < -0.4 is 10.2 Å². The van der Waals surface area contributed by atoms with Crippen LogP contribution in [-0.2, 0) is 27.9 Å². The van der Waals surface area contributed by atoms with Crippen molar-refractivity contribution in [3.8, 4) is 0 Å². The number of carbonyl (C=O) groups excluding carboxylic acids is 2. The van der Waals surface area contributed by atoms with Crippen molar-refractivity contribution in [3.05, 3.63) is 48.6 Å². The van der Waals surface area contributed by atoms with Crippen LogP contribution in [0.5, 0.6) is 0 Å². The molecule has 1 N–H and O–H groups in total. The number of phosphoric ester groups is 1. The third-order valence-electron chi connectivity index (χ3n) is 11.6. The fourth-order valence-electron chi connectivity index (χ4n) is 7.46. The van der Waals surface area contributed by atoms with Gasteiger partial charge >= 0.3 is 5.97 Å². The normalized spacial score (nSPS) is 14.3. The Kier molecular flexibility index (Phi) is 43.4. The number of hydrogen-bond acceptors (Lipinski definition) is 7. The Morgan fingerprint density at radius 1 is 0.562 bits per heavy atom. The first-order valence-electron chi connectivity index (χ1n) is 26.5. The quantitative estimate of drug-likeness (QED) is 0.0161. The molecule has 0 saturated heterocycles. The van der Waals surface area contributed by atoms with E-state index in [0.29, 0.717) is 23.9 Å². The van der Waals surface area contributed by atoms with Crippen molar-refractivity contribution >= 4 is 19.7 Å².